The van der Waals surface area contributed by atoms with Crippen molar-refractivity contribution in [2.45, 2.75) is 19.8 Å². The molecule has 6 nitrogen and oxygen atoms in total. The Bertz CT molecular complexity index is 1070. The van der Waals surface area contributed by atoms with Crippen LogP contribution in [0.25, 0.3) is 11.3 Å². The summed E-state index contributed by atoms with van der Waals surface area (Å²) in [6.07, 6.45) is 2.76. The third-order valence-electron chi connectivity index (χ3n) is 5.36. The lowest BCUT2D eigenvalue weighted by molar-refractivity contribution is -0.121. The summed E-state index contributed by atoms with van der Waals surface area (Å²) >= 11 is 0. The smallest absolute Gasteiger partial charge is 0.289 e. The molecule has 2 amide bonds. The normalized spacial score (nSPS) is 14.5. The molecule has 7 heteroatoms. The number of likely N-dealkylation sites (tertiary alicyclic amines) is 1. The number of anilines is 1. The Morgan fingerprint density at radius 3 is 2.60 bits per heavy atom. The number of pyridine rings is 1. The van der Waals surface area contributed by atoms with Gasteiger partial charge in [-0.1, -0.05) is 18.2 Å². The Morgan fingerprint density at radius 1 is 1.10 bits per heavy atom. The lowest BCUT2D eigenvalue weighted by atomic mass is 9.95. The predicted molar refractivity (Wildman–Crippen MR) is 110 cm³/mol. The van der Waals surface area contributed by atoms with E-state index in [2.05, 4.69) is 10.3 Å². The summed E-state index contributed by atoms with van der Waals surface area (Å²) in [6, 6.07) is 13.1. The van der Waals surface area contributed by atoms with E-state index in [0.717, 1.165) is 5.56 Å². The van der Waals surface area contributed by atoms with Gasteiger partial charge in [0, 0.05) is 25.2 Å². The summed E-state index contributed by atoms with van der Waals surface area (Å²) in [5.74, 6) is 0.136. The molecule has 0 radical (unpaired) electrons. The molecule has 30 heavy (non-hydrogen) atoms. The Kier molecular flexibility index (Phi) is 5.61. The third kappa shape index (κ3) is 4.10. The molecule has 1 saturated heterocycles. The minimum absolute atomic E-state index is 0.0799. The van der Waals surface area contributed by atoms with Crippen LogP contribution in [-0.2, 0) is 4.79 Å². The van der Waals surface area contributed by atoms with Crippen molar-refractivity contribution in [3.8, 4) is 11.3 Å². The second kappa shape index (κ2) is 8.49. The van der Waals surface area contributed by atoms with Gasteiger partial charge in [0.05, 0.1) is 5.56 Å². The van der Waals surface area contributed by atoms with Crippen molar-refractivity contribution in [2.75, 3.05) is 18.4 Å². The van der Waals surface area contributed by atoms with Gasteiger partial charge in [0.2, 0.25) is 5.91 Å². The Balaban J connectivity index is 1.36. The molecule has 0 aliphatic carbocycles. The quantitative estimate of drug-likeness (QED) is 0.700. The van der Waals surface area contributed by atoms with E-state index in [1.807, 2.05) is 19.1 Å². The molecule has 1 aliphatic rings. The fraction of sp³-hybridized carbons (Fsp3) is 0.261. The number of hydrogen-bond acceptors (Lipinski definition) is 4. The van der Waals surface area contributed by atoms with Gasteiger partial charge in [-0.15, -0.1) is 0 Å². The molecule has 154 valence electrons. The van der Waals surface area contributed by atoms with Crippen LogP contribution in [0.3, 0.4) is 0 Å². The number of nitrogens with one attached hydrogen (secondary N) is 1. The standard InChI is InChI=1S/C23H22FN3O3/c1-15-5-4-12-25-21(15)26-22(28)16-10-13-27(14-11-16)23(29)20-9-8-19(30-20)17-6-2-3-7-18(17)24/h2-9,12,16H,10-11,13-14H2,1H3,(H,25,26,28). The van der Waals surface area contributed by atoms with E-state index in [1.165, 1.54) is 6.07 Å². The molecule has 1 aliphatic heterocycles. The molecule has 0 saturated carbocycles. The molecule has 1 N–H and O–H groups in total. The van der Waals surface area contributed by atoms with Gasteiger partial charge in [0.15, 0.2) is 5.76 Å². The highest BCUT2D eigenvalue weighted by molar-refractivity contribution is 5.94. The first-order valence-electron chi connectivity index (χ1n) is 9.89. The SMILES string of the molecule is Cc1cccnc1NC(=O)C1CCN(C(=O)c2ccc(-c3ccccc3F)o2)CC1. The molecule has 4 rings (SSSR count). The number of carbonyl (C=O) groups excluding carboxylic acids is 2. The summed E-state index contributed by atoms with van der Waals surface area (Å²) in [6.45, 7) is 2.80. The van der Waals surface area contributed by atoms with Crippen LogP contribution in [0.5, 0.6) is 0 Å². The molecular weight excluding hydrogens is 385 g/mol. The van der Waals surface area contributed by atoms with Gasteiger partial charge in [0.25, 0.3) is 5.91 Å². The van der Waals surface area contributed by atoms with E-state index < -0.39 is 5.82 Å². The van der Waals surface area contributed by atoms with Crippen LogP contribution in [0.1, 0.15) is 29.0 Å². The first kappa shape index (κ1) is 19.8. The van der Waals surface area contributed by atoms with Crippen molar-refractivity contribution >= 4 is 17.6 Å². The number of rotatable bonds is 4. The van der Waals surface area contributed by atoms with Crippen molar-refractivity contribution in [3.05, 3.63) is 71.9 Å². The number of benzene rings is 1. The van der Waals surface area contributed by atoms with Crippen LogP contribution < -0.4 is 5.32 Å². The van der Waals surface area contributed by atoms with Gasteiger partial charge in [-0.05, 0) is 55.7 Å². The number of carbonyl (C=O) groups is 2. The maximum Gasteiger partial charge on any atom is 0.289 e. The molecule has 1 aromatic carbocycles. The average molecular weight is 407 g/mol. The van der Waals surface area contributed by atoms with Crippen molar-refractivity contribution in [1.82, 2.24) is 9.88 Å². The highest BCUT2D eigenvalue weighted by Gasteiger charge is 2.29. The maximum absolute atomic E-state index is 13.9. The van der Waals surface area contributed by atoms with Gasteiger partial charge in [-0.25, -0.2) is 9.37 Å². The molecule has 0 unspecified atom stereocenters. The number of piperidine rings is 1. The van der Waals surface area contributed by atoms with Gasteiger partial charge in [-0.3, -0.25) is 9.59 Å². The molecule has 3 heterocycles. The maximum atomic E-state index is 13.9. The molecule has 3 aromatic rings. The van der Waals surface area contributed by atoms with Crippen LogP contribution >= 0.6 is 0 Å². The second-order valence-electron chi connectivity index (χ2n) is 7.37. The zero-order valence-corrected chi connectivity index (χ0v) is 16.6. The summed E-state index contributed by atoms with van der Waals surface area (Å²) in [5.41, 5.74) is 1.22. The van der Waals surface area contributed by atoms with E-state index in [1.54, 1.807) is 41.4 Å². The zero-order chi connectivity index (χ0) is 21.1. The lowest BCUT2D eigenvalue weighted by Gasteiger charge is -2.30. The van der Waals surface area contributed by atoms with Crippen molar-refractivity contribution in [3.63, 3.8) is 0 Å². The molecule has 1 fully saturated rings. The van der Waals surface area contributed by atoms with E-state index in [0.29, 0.717) is 43.1 Å². The first-order chi connectivity index (χ1) is 14.5. The average Bonchev–Trinajstić information content (AvgIpc) is 3.25. The van der Waals surface area contributed by atoms with Gasteiger partial charge < -0.3 is 14.6 Å². The van der Waals surface area contributed by atoms with E-state index in [4.69, 9.17) is 4.42 Å². The van der Waals surface area contributed by atoms with Crippen LogP contribution in [0.4, 0.5) is 10.2 Å². The number of halogens is 1. The Morgan fingerprint density at radius 2 is 1.87 bits per heavy atom. The summed E-state index contributed by atoms with van der Waals surface area (Å²) in [5, 5.41) is 2.87. The third-order valence-corrected chi connectivity index (χ3v) is 5.36. The van der Waals surface area contributed by atoms with Crippen LogP contribution in [-0.4, -0.2) is 34.8 Å². The van der Waals surface area contributed by atoms with Crippen LogP contribution in [0.2, 0.25) is 0 Å². The van der Waals surface area contributed by atoms with Crippen molar-refractivity contribution in [1.29, 1.82) is 0 Å². The largest absolute Gasteiger partial charge is 0.451 e. The molecular formula is C23H22FN3O3. The zero-order valence-electron chi connectivity index (χ0n) is 16.6. The fourth-order valence-electron chi connectivity index (χ4n) is 3.59. The molecule has 2 aromatic heterocycles. The number of aromatic nitrogens is 1. The van der Waals surface area contributed by atoms with E-state index >= 15 is 0 Å². The number of nitrogens with zero attached hydrogens (tertiary/aromatic N) is 2. The minimum Gasteiger partial charge on any atom is -0.451 e. The molecule has 0 atom stereocenters. The number of amides is 2. The second-order valence-corrected chi connectivity index (χ2v) is 7.37. The topological polar surface area (TPSA) is 75.4 Å². The first-order valence-corrected chi connectivity index (χ1v) is 9.89. The van der Waals surface area contributed by atoms with E-state index in [9.17, 15) is 14.0 Å². The van der Waals surface area contributed by atoms with E-state index in [-0.39, 0.29) is 23.5 Å². The fourth-order valence-corrected chi connectivity index (χ4v) is 3.59. The number of aryl methyl sites for hydroxylation is 1. The van der Waals surface area contributed by atoms with Gasteiger partial charge in [-0.2, -0.15) is 0 Å². The van der Waals surface area contributed by atoms with Gasteiger partial charge >= 0.3 is 0 Å². The summed E-state index contributed by atoms with van der Waals surface area (Å²) in [7, 11) is 0. The summed E-state index contributed by atoms with van der Waals surface area (Å²) in [4.78, 5) is 31.2. The van der Waals surface area contributed by atoms with Crippen molar-refractivity contribution < 1.29 is 18.4 Å². The molecule has 0 bridgehead atoms. The minimum atomic E-state index is -0.402. The monoisotopic (exact) mass is 407 g/mol. The highest BCUT2D eigenvalue weighted by Crippen LogP contribution is 2.27. The van der Waals surface area contributed by atoms with Crippen LogP contribution in [0.15, 0.2) is 59.1 Å². The highest BCUT2D eigenvalue weighted by atomic mass is 19.1. The number of furan rings is 1. The Labute approximate surface area is 173 Å². The number of hydrogen-bond donors (Lipinski definition) is 1. The van der Waals surface area contributed by atoms with Gasteiger partial charge in [0.1, 0.15) is 17.4 Å². The molecule has 0 spiro atoms. The summed E-state index contributed by atoms with van der Waals surface area (Å²) < 4.78 is 19.6. The van der Waals surface area contributed by atoms with Crippen molar-refractivity contribution in [2.24, 2.45) is 5.92 Å². The Hall–Kier alpha value is -3.48. The van der Waals surface area contributed by atoms with Crippen LogP contribution in [0, 0.1) is 18.7 Å². The predicted octanol–water partition coefficient (Wildman–Crippen LogP) is 4.28. The lowest BCUT2D eigenvalue weighted by Crippen LogP contribution is -2.41.